The van der Waals surface area contributed by atoms with Crippen molar-refractivity contribution >= 4 is 40.7 Å². The molecule has 1 fully saturated rings. The molecular formula is C22H31BrCl2N2O2. The molecule has 0 bridgehead atoms. The topological polar surface area (TPSA) is 33.7 Å². The molecule has 1 N–H and O–H groups in total. The number of rotatable bonds is 9. The fourth-order valence-corrected chi connectivity index (χ4v) is 4.27. The Kier molecular flexibility index (Phi) is 12.0. The SMILES string of the molecule is CCN1CCCC1CNCc1cc(Br)c(OCc2ccccc2)c(OC)c1.Cl.Cl. The highest BCUT2D eigenvalue weighted by Gasteiger charge is 2.22. The number of hydrogen-bond acceptors (Lipinski definition) is 4. The second-order valence-corrected chi connectivity index (χ2v) is 7.79. The van der Waals surface area contributed by atoms with Crippen molar-refractivity contribution in [3.05, 3.63) is 58.1 Å². The summed E-state index contributed by atoms with van der Waals surface area (Å²) in [6.45, 7) is 6.98. The van der Waals surface area contributed by atoms with Crippen LogP contribution in [0.15, 0.2) is 46.9 Å². The van der Waals surface area contributed by atoms with Gasteiger partial charge in [0.15, 0.2) is 11.5 Å². The van der Waals surface area contributed by atoms with Crippen molar-refractivity contribution in [1.82, 2.24) is 10.2 Å². The first-order chi connectivity index (χ1) is 13.2. The average molecular weight is 506 g/mol. The molecule has 1 heterocycles. The van der Waals surface area contributed by atoms with E-state index in [4.69, 9.17) is 9.47 Å². The molecule has 0 saturated carbocycles. The van der Waals surface area contributed by atoms with Gasteiger partial charge in [0.2, 0.25) is 0 Å². The molecule has 1 atom stereocenters. The molecule has 7 heteroatoms. The van der Waals surface area contributed by atoms with E-state index in [9.17, 15) is 0 Å². The molecule has 1 aliphatic rings. The molecule has 2 aromatic carbocycles. The average Bonchev–Trinajstić information content (AvgIpc) is 3.15. The summed E-state index contributed by atoms with van der Waals surface area (Å²) in [6, 6.07) is 15.0. The summed E-state index contributed by atoms with van der Waals surface area (Å²) in [7, 11) is 1.69. The third-order valence-electron chi connectivity index (χ3n) is 5.13. The molecule has 0 amide bonds. The number of ether oxygens (including phenoxy) is 2. The Hall–Kier alpha value is -0.980. The second kappa shape index (κ2) is 13.3. The van der Waals surface area contributed by atoms with Crippen molar-refractivity contribution in [3.63, 3.8) is 0 Å². The minimum absolute atomic E-state index is 0. The highest BCUT2D eigenvalue weighted by molar-refractivity contribution is 9.10. The molecule has 3 rings (SSSR count). The number of likely N-dealkylation sites (N-methyl/N-ethyl adjacent to an activating group) is 1. The third-order valence-corrected chi connectivity index (χ3v) is 5.72. The fraction of sp³-hybridized carbons (Fsp3) is 0.455. The summed E-state index contributed by atoms with van der Waals surface area (Å²) >= 11 is 3.65. The predicted molar refractivity (Wildman–Crippen MR) is 128 cm³/mol. The van der Waals surface area contributed by atoms with Gasteiger partial charge in [0.25, 0.3) is 0 Å². The van der Waals surface area contributed by atoms with Gasteiger partial charge in [-0.25, -0.2) is 0 Å². The van der Waals surface area contributed by atoms with Gasteiger partial charge in [-0.2, -0.15) is 0 Å². The van der Waals surface area contributed by atoms with Gasteiger partial charge in [0.1, 0.15) is 6.61 Å². The number of benzene rings is 2. The first kappa shape index (κ1) is 26.1. The van der Waals surface area contributed by atoms with Crippen molar-refractivity contribution in [2.24, 2.45) is 0 Å². The maximum absolute atomic E-state index is 6.02. The normalized spacial score (nSPS) is 16.0. The van der Waals surface area contributed by atoms with Gasteiger partial charge in [0.05, 0.1) is 11.6 Å². The summed E-state index contributed by atoms with van der Waals surface area (Å²) in [5.41, 5.74) is 2.32. The Morgan fingerprint density at radius 1 is 1.14 bits per heavy atom. The van der Waals surface area contributed by atoms with E-state index in [1.165, 1.54) is 24.9 Å². The first-order valence-electron chi connectivity index (χ1n) is 9.69. The lowest BCUT2D eigenvalue weighted by Crippen LogP contribution is -2.37. The Bertz CT molecular complexity index is 734. The van der Waals surface area contributed by atoms with Crippen molar-refractivity contribution in [2.75, 3.05) is 26.7 Å². The number of nitrogens with zero attached hydrogens (tertiary/aromatic N) is 1. The van der Waals surface area contributed by atoms with Gasteiger partial charge < -0.3 is 14.8 Å². The molecule has 0 spiro atoms. The number of hydrogen-bond donors (Lipinski definition) is 1. The van der Waals surface area contributed by atoms with Crippen LogP contribution in [0.4, 0.5) is 0 Å². The molecule has 29 heavy (non-hydrogen) atoms. The maximum Gasteiger partial charge on any atom is 0.175 e. The minimum atomic E-state index is 0. The Labute approximate surface area is 195 Å². The van der Waals surface area contributed by atoms with Crippen molar-refractivity contribution < 1.29 is 9.47 Å². The molecule has 0 aliphatic carbocycles. The number of halogens is 3. The summed E-state index contributed by atoms with van der Waals surface area (Å²) < 4.78 is 12.5. The lowest BCUT2D eigenvalue weighted by Gasteiger charge is -2.23. The highest BCUT2D eigenvalue weighted by atomic mass is 79.9. The van der Waals surface area contributed by atoms with Gasteiger partial charge in [0, 0.05) is 19.1 Å². The van der Waals surface area contributed by atoms with Gasteiger partial charge in [-0.3, -0.25) is 4.90 Å². The zero-order chi connectivity index (χ0) is 19.1. The highest BCUT2D eigenvalue weighted by Crippen LogP contribution is 2.37. The largest absolute Gasteiger partial charge is 0.493 e. The molecular weight excluding hydrogens is 475 g/mol. The molecule has 2 aromatic rings. The molecule has 1 saturated heterocycles. The van der Waals surface area contributed by atoms with E-state index in [1.807, 2.05) is 18.2 Å². The fourth-order valence-electron chi connectivity index (χ4n) is 3.67. The Balaban J connectivity index is 0.00000210. The van der Waals surface area contributed by atoms with E-state index in [2.05, 4.69) is 57.3 Å². The van der Waals surface area contributed by atoms with Crippen LogP contribution in [0.25, 0.3) is 0 Å². The van der Waals surface area contributed by atoms with Gasteiger partial charge in [-0.05, 0) is 65.1 Å². The lowest BCUT2D eigenvalue weighted by atomic mass is 10.1. The molecule has 1 aliphatic heterocycles. The second-order valence-electron chi connectivity index (χ2n) is 6.94. The number of likely N-dealkylation sites (tertiary alicyclic amines) is 1. The van der Waals surface area contributed by atoms with Crippen LogP contribution >= 0.6 is 40.7 Å². The van der Waals surface area contributed by atoms with Crippen molar-refractivity contribution in [2.45, 2.75) is 39.0 Å². The van der Waals surface area contributed by atoms with E-state index >= 15 is 0 Å². The maximum atomic E-state index is 6.02. The summed E-state index contributed by atoms with van der Waals surface area (Å²) in [6.07, 6.45) is 2.60. The van der Waals surface area contributed by atoms with Crippen LogP contribution in [0.1, 0.15) is 30.9 Å². The van der Waals surface area contributed by atoms with E-state index in [0.717, 1.165) is 41.2 Å². The molecule has 0 aromatic heterocycles. The molecule has 0 radical (unpaired) electrons. The summed E-state index contributed by atoms with van der Waals surface area (Å²) in [4.78, 5) is 2.56. The van der Waals surface area contributed by atoms with Crippen molar-refractivity contribution in [1.29, 1.82) is 0 Å². The molecule has 1 unspecified atom stereocenters. The van der Waals surface area contributed by atoms with Gasteiger partial charge in [-0.15, -0.1) is 24.8 Å². The zero-order valence-electron chi connectivity index (χ0n) is 17.0. The standard InChI is InChI=1S/C22H29BrN2O2.2ClH/c1-3-25-11-7-10-19(25)15-24-14-18-12-20(23)22(21(13-18)26-2)27-16-17-8-5-4-6-9-17;;/h4-6,8-9,12-13,19,24H,3,7,10-11,14-16H2,1-2H3;2*1H. The van der Waals surface area contributed by atoms with Crippen LogP contribution in [-0.4, -0.2) is 37.7 Å². The number of methoxy groups -OCH3 is 1. The van der Waals surface area contributed by atoms with Crippen LogP contribution in [0.5, 0.6) is 11.5 Å². The predicted octanol–water partition coefficient (Wildman–Crippen LogP) is 5.45. The number of nitrogens with one attached hydrogen (secondary N) is 1. The third kappa shape index (κ3) is 7.34. The Morgan fingerprint density at radius 3 is 2.59 bits per heavy atom. The monoisotopic (exact) mass is 504 g/mol. The zero-order valence-corrected chi connectivity index (χ0v) is 20.2. The van der Waals surface area contributed by atoms with Crippen LogP contribution in [0.3, 0.4) is 0 Å². The van der Waals surface area contributed by atoms with E-state index in [0.29, 0.717) is 12.6 Å². The first-order valence-corrected chi connectivity index (χ1v) is 10.5. The van der Waals surface area contributed by atoms with Gasteiger partial charge in [-0.1, -0.05) is 37.3 Å². The van der Waals surface area contributed by atoms with Crippen LogP contribution < -0.4 is 14.8 Å². The smallest absolute Gasteiger partial charge is 0.175 e. The van der Waals surface area contributed by atoms with E-state index in [1.54, 1.807) is 7.11 Å². The van der Waals surface area contributed by atoms with E-state index in [-0.39, 0.29) is 24.8 Å². The summed E-state index contributed by atoms with van der Waals surface area (Å²) in [5.74, 6) is 1.51. The van der Waals surface area contributed by atoms with Crippen molar-refractivity contribution in [3.8, 4) is 11.5 Å². The Morgan fingerprint density at radius 2 is 1.90 bits per heavy atom. The minimum Gasteiger partial charge on any atom is -0.493 e. The summed E-state index contributed by atoms with van der Waals surface area (Å²) in [5, 5.41) is 3.60. The van der Waals surface area contributed by atoms with Crippen LogP contribution in [-0.2, 0) is 13.2 Å². The van der Waals surface area contributed by atoms with E-state index < -0.39 is 0 Å². The van der Waals surface area contributed by atoms with Crippen LogP contribution in [0.2, 0.25) is 0 Å². The molecule has 162 valence electrons. The van der Waals surface area contributed by atoms with Crippen LogP contribution in [0, 0.1) is 0 Å². The molecule has 4 nitrogen and oxygen atoms in total. The lowest BCUT2D eigenvalue weighted by molar-refractivity contribution is 0.259. The van der Waals surface area contributed by atoms with Gasteiger partial charge >= 0.3 is 0 Å². The quantitative estimate of drug-likeness (QED) is 0.491.